The van der Waals surface area contributed by atoms with Gasteiger partial charge >= 0.3 is 19.8 Å². The van der Waals surface area contributed by atoms with Crippen LogP contribution < -0.4 is 5.73 Å². The minimum atomic E-state index is -4.40. The molecule has 0 aliphatic heterocycles. The van der Waals surface area contributed by atoms with Crippen molar-refractivity contribution in [3.63, 3.8) is 0 Å². The van der Waals surface area contributed by atoms with Crippen molar-refractivity contribution in [1.82, 2.24) is 0 Å². The molecule has 0 rings (SSSR count). The number of rotatable bonds is 48. The van der Waals surface area contributed by atoms with Crippen molar-refractivity contribution < 1.29 is 37.6 Å². The van der Waals surface area contributed by atoms with Crippen molar-refractivity contribution in [2.24, 2.45) is 5.73 Å². The van der Waals surface area contributed by atoms with Crippen LogP contribution in [0.2, 0.25) is 0 Å². The highest BCUT2D eigenvalue weighted by atomic mass is 31.2. The Morgan fingerprint density at radius 2 is 0.786 bits per heavy atom. The van der Waals surface area contributed by atoms with E-state index in [4.69, 9.17) is 24.3 Å². The van der Waals surface area contributed by atoms with Gasteiger partial charge in [-0.05, 0) is 116 Å². The standard InChI is InChI=1S/C60H96NO8P/c1-3-5-7-9-11-13-15-17-19-20-21-22-23-24-25-26-27-28-29-30-31-32-33-34-35-36-37-38-39-41-43-45-47-49-51-53-60(63)69-58(57-68-70(64,65)67-55-54-61)56-66-59(62)52-50-48-46-44-42-40-18-16-14-12-10-8-6-4-2/h5,7,10-13,16-19,21-22,24-25,27-28,30-31,33-34,36-37,39,41,58H,3-4,6,8-9,14-15,20,23,26,29,32,35,38,40,42-57,61H2,1-2H3,(H,64,65)/b7-5-,12-10-,13-11-,18-16-,19-17-,22-21-,25-24-,28-27-,31-30-,34-33-,37-36-,41-39-. The van der Waals surface area contributed by atoms with Crippen molar-refractivity contribution in [3.05, 3.63) is 146 Å². The number of carbonyl (C=O) groups is 2. The second kappa shape index (κ2) is 54.2. The van der Waals surface area contributed by atoms with Crippen LogP contribution in [0.4, 0.5) is 0 Å². The van der Waals surface area contributed by atoms with E-state index in [-0.39, 0.29) is 32.6 Å². The lowest BCUT2D eigenvalue weighted by Gasteiger charge is -2.19. The van der Waals surface area contributed by atoms with Crippen LogP contribution in [0.1, 0.15) is 187 Å². The third-order valence-corrected chi connectivity index (χ3v) is 11.4. The van der Waals surface area contributed by atoms with E-state index in [1.54, 1.807) is 0 Å². The zero-order chi connectivity index (χ0) is 51.0. The molecule has 394 valence electrons. The zero-order valence-electron chi connectivity index (χ0n) is 43.7. The van der Waals surface area contributed by atoms with Gasteiger partial charge in [-0.1, -0.05) is 205 Å². The third-order valence-electron chi connectivity index (χ3n) is 10.5. The van der Waals surface area contributed by atoms with Gasteiger partial charge in [0, 0.05) is 19.4 Å². The molecular formula is C60H96NO8P. The number of hydrogen-bond acceptors (Lipinski definition) is 8. The minimum Gasteiger partial charge on any atom is -0.462 e. The van der Waals surface area contributed by atoms with Gasteiger partial charge in [-0.2, -0.15) is 0 Å². The molecule has 9 nitrogen and oxygen atoms in total. The first-order valence-electron chi connectivity index (χ1n) is 26.8. The van der Waals surface area contributed by atoms with Gasteiger partial charge in [0.15, 0.2) is 6.10 Å². The lowest BCUT2D eigenvalue weighted by molar-refractivity contribution is -0.161. The predicted octanol–water partition coefficient (Wildman–Crippen LogP) is 16.8. The molecule has 0 aromatic heterocycles. The number of allylic oxidation sites excluding steroid dienone is 24. The van der Waals surface area contributed by atoms with Gasteiger partial charge in [-0.3, -0.25) is 18.6 Å². The van der Waals surface area contributed by atoms with Crippen LogP contribution in [0.15, 0.2) is 146 Å². The fraction of sp³-hybridized carbons (Fsp3) is 0.567. The highest BCUT2D eigenvalue weighted by molar-refractivity contribution is 7.47. The number of phosphoric ester groups is 1. The number of carbonyl (C=O) groups excluding carboxylic acids is 2. The van der Waals surface area contributed by atoms with E-state index in [1.165, 1.54) is 12.8 Å². The minimum absolute atomic E-state index is 0.0386. The SMILES string of the molecule is CC/C=C\C/C=C\C/C=C\C/C=C\C/C=C\C/C=C\C/C=C\C/C=C\C/C=C\C/C=C\CCCCCCC(=O)OC(COC(=O)CCCCCCC/C=C\C/C=C\CCCC)COP(=O)(O)OCCN. The van der Waals surface area contributed by atoms with E-state index in [0.29, 0.717) is 12.8 Å². The van der Waals surface area contributed by atoms with Crippen LogP contribution in [0, 0.1) is 0 Å². The maximum Gasteiger partial charge on any atom is 0.472 e. The van der Waals surface area contributed by atoms with Crippen molar-refractivity contribution in [1.29, 1.82) is 0 Å². The number of nitrogens with two attached hydrogens (primary N) is 1. The second-order valence-corrected chi connectivity index (χ2v) is 18.5. The highest BCUT2D eigenvalue weighted by Crippen LogP contribution is 2.43. The van der Waals surface area contributed by atoms with Gasteiger partial charge in [0.1, 0.15) is 6.61 Å². The summed E-state index contributed by atoms with van der Waals surface area (Å²) in [5, 5.41) is 0. The monoisotopic (exact) mass is 990 g/mol. The molecule has 2 unspecified atom stereocenters. The molecule has 0 saturated heterocycles. The van der Waals surface area contributed by atoms with Gasteiger partial charge in [-0.25, -0.2) is 4.57 Å². The van der Waals surface area contributed by atoms with Crippen LogP contribution >= 0.6 is 7.82 Å². The molecular weight excluding hydrogens is 894 g/mol. The Labute approximate surface area is 426 Å². The Morgan fingerprint density at radius 3 is 1.17 bits per heavy atom. The summed E-state index contributed by atoms with van der Waals surface area (Å²) in [6.07, 6.45) is 77.5. The van der Waals surface area contributed by atoms with Crippen molar-refractivity contribution in [3.8, 4) is 0 Å². The highest BCUT2D eigenvalue weighted by Gasteiger charge is 2.26. The van der Waals surface area contributed by atoms with E-state index in [2.05, 4.69) is 160 Å². The number of esters is 2. The summed E-state index contributed by atoms with van der Waals surface area (Å²) in [6.45, 7) is 3.50. The molecule has 0 heterocycles. The van der Waals surface area contributed by atoms with E-state index >= 15 is 0 Å². The largest absolute Gasteiger partial charge is 0.472 e. The van der Waals surface area contributed by atoms with Crippen molar-refractivity contribution in [2.75, 3.05) is 26.4 Å². The second-order valence-electron chi connectivity index (χ2n) is 17.0. The molecule has 0 aliphatic carbocycles. The van der Waals surface area contributed by atoms with E-state index in [1.807, 2.05) is 0 Å². The summed E-state index contributed by atoms with van der Waals surface area (Å²) < 4.78 is 32.9. The normalized spacial score (nSPS) is 14.3. The maximum atomic E-state index is 12.7. The van der Waals surface area contributed by atoms with Crippen LogP contribution in [0.25, 0.3) is 0 Å². The summed E-state index contributed by atoms with van der Waals surface area (Å²) in [5.74, 6) is -0.888. The van der Waals surface area contributed by atoms with Gasteiger partial charge in [0.05, 0.1) is 13.2 Å². The van der Waals surface area contributed by atoms with Crippen LogP contribution in [-0.4, -0.2) is 49.3 Å². The molecule has 0 aliphatic rings. The van der Waals surface area contributed by atoms with Crippen LogP contribution in [-0.2, 0) is 32.7 Å². The number of phosphoric acid groups is 1. The number of ether oxygens (including phenoxy) is 2. The summed E-state index contributed by atoms with van der Waals surface area (Å²) in [5.41, 5.74) is 5.36. The van der Waals surface area contributed by atoms with Crippen molar-refractivity contribution in [2.45, 2.75) is 193 Å². The molecule has 2 atom stereocenters. The molecule has 3 N–H and O–H groups in total. The Balaban J connectivity index is 4.12. The lowest BCUT2D eigenvalue weighted by atomic mass is 10.1. The summed E-state index contributed by atoms with van der Waals surface area (Å²) in [6, 6.07) is 0. The summed E-state index contributed by atoms with van der Waals surface area (Å²) in [7, 11) is -4.40. The Morgan fingerprint density at radius 1 is 0.443 bits per heavy atom. The zero-order valence-corrected chi connectivity index (χ0v) is 44.6. The fourth-order valence-corrected chi connectivity index (χ4v) is 7.27. The molecule has 0 saturated carbocycles. The first-order valence-corrected chi connectivity index (χ1v) is 28.3. The fourth-order valence-electron chi connectivity index (χ4n) is 6.50. The first kappa shape index (κ1) is 65.9. The van der Waals surface area contributed by atoms with E-state index < -0.39 is 32.5 Å². The summed E-state index contributed by atoms with van der Waals surface area (Å²) >= 11 is 0. The lowest BCUT2D eigenvalue weighted by Crippen LogP contribution is -2.29. The predicted molar refractivity (Wildman–Crippen MR) is 297 cm³/mol. The third kappa shape index (κ3) is 53.2. The van der Waals surface area contributed by atoms with Crippen LogP contribution in [0.3, 0.4) is 0 Å². The molecule has 0 radical (unpaired) electrons. The Hall–Kier alpha value is -4.11. The number of hydrogen-bond donors (Lipinski definition) is 2. The molecule has 70 heavy (non-hydrogen) atoms. The van der Waals surface area contributed by atoms with Gasteiger partial charge < -0.3 is 20.1 Å². The molecule has 0 bridgehead atoms. The molecule has 0 fully saturated rings. The summed E-state index contributed by atoms with van der Waals surface area (Å²) in [4.78, 5) is 35.0. The van der Waals surface area contributed by atoms with Gasteiger partial charge in [0.25, 0.3) is 0 Å². The average Bonchev–Trinajstić information content (AvgIpc) is 3.35. The first-order chi connectivity index (χ1) is 34.3. The van der Waals surface area contributed by atoms with Crippen LogP contribution in [0.5, 0.6) is 0 Å². The Bertz CT molecular complexity index is 1650. The van der Waals surface area contributed by atoms with Gasteiger partial charge in [0.2, 0.25) is 0 Å². The van der Waals surface area contributed by atoms with Gasteiger partial charge in [-0.15, -0.1) is 0 Å². The molecule has 0 spiro atoms. The molecule has 0 aromatic carbocycles. The smallest absolute Gasteiger partial charge is 0.462 e. The van der Waals surface area contributed by atoms with E-state index in [0.717, 1.165) is 135 Å². The Kier molecular flexibility index (Phi) is 51.0. The molecule has 0 amide bonds. The van der Waals surface area contributed by atoms with Crippen molar-refractivity contribution >= 4 is 19.8 Å². The van der Waals surface area contributed by atoms with E-state index in [9.17, 15) is 19.0 Å². The average molecular weight is 990 g/mol. The maximum absolute atomic E-state index is 12.7. The topological polar surface area (TPSA) is 134 Å². The molecule has 0 aromatic rings. The number of unbranched alkanes of at least 4 members (excludes halogenated alkanes) is 11. The molecule has 10 heteroatoms. The quantitative estimate of drug-likeness (QED) is 0.0264.